The predicted octanol–water partition coefficient (Wildman–Crippen LogP) is 2.97. The molecule has 106 valence electrons. The van der Waals surface area contributed by atoms with Crippen LogP contribution in [0.1, 0.15) is 18.3 Å². The zero-order chi connectivity index (χ0) is 14.7. The first kappa shape index (κ1) is 14.9. The Hall–Kier alpha value is -1.53. The summed E-state index contributed by atoms with van der Waals surface area (Å²) in [7, 11) is 0. The summed E-state index contributed by atoms with van der Waals surface area (Å²) < 4.78 is 1.87. The van der Waals surface area contributed by atoms with Crippen molar-refractivity contribution in [2.24, 2.45) is 0 Å². The Morgan fingerprint density at radius 2 is 2.20 bits per heavy atom. The van der Waals surface area contributed by atoms with Crippen LogP contribution in [-0.2, 0) is 11.2 Å². The number of carboxylic acid groups (broad SMARTS) is 1. The molecule has 0 aliphatic heterocycles. The third kappa shape index (κ3) is 2.96. The molecule has 7 heteroatoms. The van der Waals surface area contributed by atoms with E-state index < -0.39 is 5.97 Å². The van der Waals surface area contributed by atoms with E-state index in [2.05, 4.69) is 10.2 Å². The zero-order valence-corrected chi connectivity index (χ0v) is 12.7. The van der Waals surface area contributed by atoms with Gasteiger partial charge in [-0.1, -0.05) is 36.4 Å². The highest BCUT2D eigenvalue weighted by molar-refractivity contribution is 7.99. The van der Waals surface area contributed by atoms with Crippen LogP contribution in [0.15, 0.2) is 23.4 Å². The Bertz CT molecular complexity index is 643. The van der Waals surface area contributed by atoms with Crippen LogP contribution >= 0.6 is 23.4 Å². The third-order valence-electron chi connectivity index (χ3n) is 2.82. The predicted molar refractivity (Wildman–Crippen MR) is 78.8 cm³/mol. The van der Waals surface area contributed by atoms with Crippen LogP contribution in [0.2, 0.25) is 5.02 Å². The summed E-state index contributed by atoms with van der Waals surface area (Å²) in [5.74, 6) is -0.157. The van der Waals surface area contributed by atoms with Crippen molar-refractivity contribution < 1.29 is 9.90 Å². The van der Waals surface area contributed by atoms with E-state index in [0.29, 0.717) is 16.6 Å². The maximum Gasteiger partial charge on any atom is 0.313 e. The fourth-order valence-corrected chi connectivity index (χ4v) is 2.68. The van der Waals surface area contributed by atoms with Crippen molar-refractivity contribution in [1.29, 1.82) is 0 Å². The van der Waals surface area contributed by atoms with Gasteiger partial charge in [-0.25, -0.2) is 0 Å². The van der Waals surface area contributed by atoms with E-state index in [0.717, 1.165) is 28.8 Å². The van der Waals surface area contributed by atoms with Crippen LogP contribution in [-0.4, -0.2) is 31.6 Å². The quantitative estimate of drug-likeness (QED) is 0.860. The van der Waals surface area contributed by atoms with Gasteiger partial charge in [0, 0.05) is 11.4 Å². The lowest BCUT2D eigenvalue weighted by Gasteiger charge is -2.12. The van der Waals surface area contributed by atoms with E-state index in [1.807, 2.05) is 36.6 Å². The zero-order valence-electron chi connectivity index (χ0n) is 11.1. The lowest BCUT2D eigenvalue weighted by molar-refractivity contribution is -0.133. The number of hydrogen-bond acceptors (Lipinski definition) is 4. The number of aryl methyl sites for hydroxylation is 1. The van der Waals surface area contributed by atoms with E-state index in [1.165, 1.54) is 0 Å². The number of benzene rings is 1. The van der Waals surface area contributed by atoms with Gasteiger partial charge in [-0.05, 0) is 24.6 Å². The Morgan fingerprint density at radius 3 is 2.85 bits per heavy atom. The Labute approximate surface area is 126 Å². The van der Waals surface area contributed by atoms with Crippen molar-refractivity contribution >= 4 is 29.3 Å². The minimum atomic E-state index is -0.884. The number of thioether (sulfide) groups is 1. The molecule has 2 aromatic rings. The van der Waals surface area contributed by atoms with E-state index >= 15 is 0 Å². The second kappa shape index (κ2) is 6.28. The number of aromatic nitrogens is 3. The lowest BCUT2D eigenvalue weighted by atomic mass is 10.2. The van der Waals surface area contributed by atoms with Crippen LogP contribution in [0.25, 0.3) is 5.69 Å². The van der Waals surface area contributed by atoms with Crippen molar-refractivity contribution in [2.45, 2.75) is 25.4 Å². The molecular weight excluding hydrogens is 298 g/mol. The molecule has 0 fully saturated rings. The molecule has 1 aromatic heterocycles. The van der Waals surface area contributed by atoms with Gasteiger partial charge in [0.05, 0.1) is 11.4 Å². The van der Waals surface area contributed by atoms with Gasteiger partial charge in [-0.15, -0.1) is 10.2 Å². The summed E-state index contributed by atoms with van der Waals surface area (Å²) in [5.41, 5.74) is 1.80. The Kier molecular flexibility index (Phi) is 4.67. The molecule has 0 amide bonds. The second-order valence-corrected chi connectivity index (χ2v) is 5.50. The summed E-state index contributed by atoms with van der Waals surface area (Å²) in [6.45, 7) is 3.90. The fourth-order valence-electron chi connectivity index (χ4n) is 1.83. The number of carbonyl (C=O) groups is 1. The number of carboxylic acids is 1. The Balaban J connectivity index is 2.50. The SMILES string of the molecule is CCc1nnc(SCC(=O)O)n1-c1cccc(Cl)c1C. The minimum Gasteiger partial charge on any atom is -0.481 e. The van der Waals surface area contributed by atoms with E-state index in [9.17, 15) is 4.79 Å². The highest BCUT2D eigenvalue weighted by Gasteiger charge is 2.16. The summed E-state index contributed by atoms with van der Waals surface area (Å²) in [6.07, 6.45) is 0.701. The normalized spacial score (nSPS) is 10.8. The highest BCUT2D eigenvalue weighted by atomic mass is 35.5. The maximum absolute atomic E-state index is 10.7. The smallest absolute Gasteiger partial charge is 0.313 e. The number of aliphatic carboxylic acids is 1. The van der Waals surface area contributed by atoms with Gasteiger partial charge in [-0.2, -0.15) is 0 Å². The first-order valence-electron chi connectivity index (χ1n) is 6.09. The van der Waals surface area contributed by atoms with Crippen LogP contribution < -0.4 is 0 Å². The first-order chi connectivity index (χ1) is 9.54. The van der Waals surface area contributed by atoms with Crippen LogP contribution in [0.5, 0.6) is 0 Å². The molecule has 0 unspecified atom stereocenters. The summed E-state index contributed by atoms with van der Waals surface area (Å²) in [5, 5.41) is 18.2. The lowest BCUT2D eigenvalue weighted by Crippen LogP contribution is -2.06. The molecule has 1 aromatic carbocycles. The molecule has 0 aliphatic carbocycles. The molecule has 0 saturated heterocycles. The fraction of sp³-hybridized carbons (Fsp3) is 0.308. The topological polar surface area (TPSA) is 68.0 Å². The van der Waals surface area contributed by atoms with Crippen molar-refractivity contribution in [1.82, 2.24) is 14.8 Å². The largest absolute Gasteiger partial charge is 0.481 e. The molecule has 0 saturated carbocycles. The van der Waals surface area contributed by atoms with Gasteiger partial charge >= 0.3 is 5.97 Å². The maximum atomic E-state index is 10.7. The van der Waals surface area contributed by atoms with Gasteiger partial charge < -0.3 is 5.11 Å². The van der Waals surface area contributed by atoms with Crippen molar-refractivity contribution in [2.75, 3.05) is 5.75 Å². The molecule has 1 heterocycles. The molecule has 0 atom stereocenters. The average molecular weight is 312 g/mol. The molecule has 1 N–H and O–H groups in total. The molecular formula is C13H14ClN3O2S. The Morgan fingerprint density at radius 1 is 1.45 bits per heavy atom. The van der Waals surface area contributed by atoms with Gasteiger partial charge in [0.25, 0.3) is 0 Å². The number of rotatable bonds is 5. The number of nitrogens with zero attached hydrogens (tertiary/aromatic N) is 3. The molecule has 2 rings (SSSR count). The summed E-state index contributed by atoms with van der Waals surface area (Å²) >= 11 is 7.30. The molecule has 0 radical (unpaired) electrons. The van der Waals surface area contributed by atoms with Gasteiger partial charge in [0.15, 0.2) is 5.16 Å². The van der Waals surface area contributed by atoms with Crippen LogP contribution in [0.3, 0.4) is 0 Å². The van der Waals surface area contributed by atoms with Crippen LogP contribution in [0, 0.1) is 6.92 Å². The molecule has 0 spiro atoms. The van der Waals surface area contributed by atoms with Gasteiger partial charge in [-0.3, -0.25) is 9.36 Å². The molecule has 0 bridgehead atoms. The van der Waals surface area contributed by atoms with Crippen molar-refractivity contribution in [3.63, 3.8) is 0 Å². The molecule has 5 nitrogen and oxygen atoms in total. The standard InChI is InChI=1S/C13H14ClN3O2S/c1-3-11-15-16-13(20-7-12(18)19)17(11)10-6-4-5-9(14)8(10)2/h4-6H,3,7H2,1-2H3,(H,18,19). The summed E-state index contributed by atoms with van der Waals surface area (Å²) in [6, 6.07) is 5.60. The highest BCUT2D eigenvalue weighted by Crippen LogP contribution is 2.27. The third-order valence-corrected chi connectivity index (χ3v) is 4.14. The summed E-state index contributed by atoms with van der Waals surface area (Å²) in [4.78, 5) is 10.7. The second-order valence-electron chi connectivity index (χ2n) is 4.15. The van der Waals surface area contributed by atoms with E-state index in [-0.39, 0.29) is 5.75 Å². The van der Waals surface area contributed by atoms with Gasteiger partial charge in [0.1, 0.15) is 5.82 Å². The van der Waals surface area contributed by atoms with E-state index in [1.54, 1.807) is 0 Å². The number of hydrogen-bond donors (Lipinski definition) is 1. The van der Waals surface area contributed by atoms with Crippen molar-refractivity contribution in [3.8, 4) is 5.69 Å². The monoisotopic (exact) mass is 311 g/mol. The van der Waals surface area contributed by atoms with Crippen molar-refractivity contribution in [3.05, 3.63) is 34.6 Å². The molecule has 20 heavy (non-hydrogen) atoms. The minimum absolute atomic E-state index is 0.0541. The average Bonchev–Trinajstić information content (AvgIpc) is 2.82. The van der Waals surface area contributed by atoms with E-state index in [4.69, 9.17) is 16.7 Å². The molecule has 0 aliphatic rings. The van der Waals surface area contributed by atoms with Crippen LogP contribution in [0.4, 0.5) is 0 Å². The van der Waals surface area contributed by atoms with Gasteiger partial charge in [0.2, 0.25) is 0 Å². The first-order valence-corrected chi connectivity index (χ1v) is 7.45. The number of halogens is 1.